The molecule has 125 valence electrons. The predicted molar refractivity (Wildman–Crippen MR) is 94.2 cm³/mol. The third-order valence-electron chi connectivity index (χ3n) is 3.73. The largest absolute Gasteiger partial charge is 0.481 e. The Hall–Kier alpha value is 0.806. The maximum atomic E-state index is 10.3. The van der Waals surface area contributed by atoms with Crippen LogP contribution < -0.4 is 0 Å². The summed E-state index contributed by atoms with van der Waals surface area (Å²) in [6.45, 7) is 2.20. The fourth-order valence-electron chi connectivity index (χ4n) is 2.36. The monoisotopic (exact) mass is 337 g/mol. The predicted octanol–water partition coefficient (Wildman–Crippen LogP) is 4.70. The first-order chi connectivity index (χ1) is 10.2. The molecule has 0 spiro atoms. The molecule has 2 N–H and O–H groups in total. The Kier molecular flexibility index (Phi) is 22.6. The van der Waals surface area contributed by atoms with Crippen molar-refractivity contribution < 1.29 is 15.0 Å². The Balaban J connectivity index is 0. The van der Waals surface area contributed by atoms with E-state index in [2.05, 4.69) is 19.1 Å². The Morgan fingerprint density at radius 1 is 0.955 bits per heavy atom. The van der Waals surface area contributed by atoms with Crippen molar-refractivity contribution in [3.8, 4) is 0 Å². The minimum atomic E-state index is -0.689. The van der Waals surface area contributed by atoms with Crippen LogP contribution in [0.15, 0.2) is 12.2 Å². The quantitative estimate of drug-likeness (QED) is 0.259. The van der Waals surface area contributed by atoms with Gasteiger partial charge in [-0.05, 0) is 32.1 Å². The maximum Gasteiger partial charge on any atom is 0.303 e. The number of hydrogen-bond acceptors (Lipinski definition) is 2. The number of aliphatic hydroxyl groups is 1. The molecule has 0 aliphatic heterocycles. The molecule has 0 unspecified atom stereocenters. The second-order valence-corrected chi connectivity index (χ2v) is 5.91. The van der Waals surface area contributed by atoms with Crippen LogP contribution in [-0.2, 0) is 4.79 Å². The van der Waals surface area contributed by atoms with Gasteiger partial charge in [-0.2, -0.15) is 0 Å². The van der Waals surface area contributed by atoms with Gasteiger partial charge in [0.2, 0.25) is 0 Å². The average molecular weight is 338 g/mol. The molecule has 0 bridgehead atoms. The van der Waals surface area contributed by atoms with Crippen LogP contribution in [0.5, 0.6) is 0 Å². The van der Waals surface area contributed by atoms with E-state index < -0.39 is 5.97 Å². The van der Waals surface area contributed by atoms with E-state index in [-0.39, 0.29) is 57.5 Å². The van der Waals surface area contributed by atoms with Crippen molar-refractivity contribution in [1.82, 2.24) is 0 Å². The molecule has 3 nitrogen and oxygen atoms in total. The summed E-state index contributed by atoms with van der Waals surface area (Å²) < 4.78 is 0. The normalized spacial score (nSPS) is 12.3. The maximum absolute atomic E-state index is 10.3. The van der Waals surface area contributed by atoms with Gasteiger partial charge in [0.1, 0.15) is 0 Å². The number of carbonyl (C=O) groups is 1. The molecular formula is C18H34KO3. The molecule has 1 atom stereocenters. The second-order valence-electron chi connectivity index (χ2n) is 5.91. The summed E-state index contributed by atoms with van der Waals surface area (Å²) in [5, 5.41) is 18.3. The summed E-state index contributed by atoms with van der Waals surface area (Å²) in [6.07, 6.45) is 17.4. The number of carboxylic acids is 1. The molecule has 0 aromatic carbocycles. The van der Waals surface area contributed by atoms with Gasteiger partial charge in [-0.1, -0.05) is 64.0 Å². The average Bonchev–Trinajstić information content (AvgIpc) is 2.45. The summed E-state index contributed by atoms with van der Waals surface area (Å²) in [7, 11) is 0. The zero-order chi connectivity index (χ0) is 15.8. The molecule has 0 heterocycles. The van der Waals surface area contributed by atoms with Crippen LogP contribution in [-0.4, -0.2) is 73.7 Å². The summed E-state index contributed by atoms with van der Waals surface area (Å²) in [6, 6.07) is 0. The van der Waals surface area contributed by atoms with E-state index >= 15 is 0 Å². The van der Waals surface area contributed by atoms with Gasteiger partial charge >= 0.3 is 5.97 Å². The van der Waals surface area contributed by atoms with Crippen molar-refractivity contribution in [2.45, 2.75) is 96.5 Å². The van der Waals surface area contributed by atoms with Gasteiger partial charge in [0.05, 0.1) is 6.10 Å². The number of unbranched alkanes of at least 4 members (excludes halogenated alkanes) is 8. The smallest absolute Gasteiger partial charge is 0.303 e. The van der Waals surface area contributed by atoms with E-state index in [1.807, 2.05) is 0 Å². The Bertz CT molecular complexity index is 267. The third-order valence-corrected chi connectivity index (χ3v) is 3.73. The summed E-state index contributed by atoms with van der Waals surface area (Å²) in [5.41, 5.74) is 0. The first-order valence-electron chi connectivity index (χ1n) is 8.71. The van der Waals surface area contributed by atoms with E-state index in [1.165, 1.54) is 25.7 Å². The molecule has 0 aliphatic rings. The Labute approximate surface area is 179 Å². The molecule has 0 saturated carbocycles. The molecule has 1 radical (unpaired) electrons. The summed E-state index contributed by atoms with van der Waals surface area (Å²) in [4.78, 5) is 10.3. The fraction of sp³-hybridized carbons (Fsp3) is 0.833. The molecule has 4 heteroatoms. The minimum absolute atomic E-state index is 0. The van der Waals surface area contributed by atoms with Crippen LogP contribution in [0.3, 0.4) is 0 Å². The molecule has 0 aromatic rings. The van der Waals surface area contributed by atoms with E-state index in [9.17, 15) is 9.90 Å². The molecule has 22 heavy (non-hydrogen) atoms. The van der Waals surface area contributed by atoms with Crippen LogP contribution in [0.2, 0.25) is 0 Å². The molecule has 0 fully saturated rings. The van der Waals surface area contributed by atoms with Gasteiger partial charge in [0.25, 0.3) is 0 Å². The van der Waals surface area contributed by atoms with E-state index in [1.54, 1.807) is 0 Å². The van der Waals surface area contributed by atoms with E-state index in [4.69, 9.17) is 5.11 Å². The third kappa shape index (κ3) is 20.8. The van der Waals surface area contributed by atoms with E-state index in [0.29, 0.717) is 6.42 Å². The molecule has 0 amide bonds. The standard InChI is InChI=1S/C18H34O3.K/c1-2-3-4-11-14-17(19)15-12-9-7-5-6-8-10-13-16-18(20)21;/h9,12,17,19H,2-8,10-11,13-16H2,1H3,(H,20,21);/b12-9-;/t17-;/m1./s1. The van der Waals surface area contributed by atoms with Crippen LogP contribution >= 0.6 is 0 Å². The molecule has 0 aromatic heterocycles. The van der Waals surface area contributed by atoms with Crippen LogP contribution in [0.1, 0.15) is 90.4 Å². The number of allylic oxidation sites excluding steroid dienone is 1. The SMILES string of the molecule is CCCCCC[C@@H](O)C/C=C\CCCCCCCC(=O)O.[K]. The number of aliphatic carboxylic acids is 1. The zero-order valence-corrected chi connectivity index (χ0v) is 17.9. The van der Waals surface area contributed by atoms with Gasteiger partial charge in [0.15, 0.2) is 0 Å². The van der Waals surface area contributed by atoms with Crippen molar-refractivity contribution in [3.63, 3.8) is 0 Å². The topological polar surface area (TPSA) is 57.5 Å². The summed E-state index contributed by atoms with van der Waals surface area (Å²) in [5.74, 6) is -0.689. The summed E-state index contributed by atoms with van der Waals surface area (Å²) >= 11 is 0. The van der Waals surface area contributed by atoms with Crippen molar-refractivity contribution in [3.05, 3.63) is 12.2 Å². The number of hydrogen-bond donors (Lipinski definition) is 2. The molecule has 0 saturated heterocycles. The van der Waals surface area contributed by atoms with Gasteiger partial charge in [0, 0.05) is 57.8 Å². The van der Waals surface area contributed by atoms with Crippen molar-refractivity contribution >= 4 is 57.4 Å². The molecule has 0 rings (SSSR count). The van der Waals surface area contributed by atoms with Crippen LogP contribution in [0.25, 0.3) is 0 Å². The molecular weight excluding hydrogens is 303 g/mol. The molecule has 0 aliphatic carbocycles. The van der Waals surface area contributed by atoms with Gasteiger partial charge < -0.3 is 10.2 Å². The first-order valence-corrected chi connectivity index (χ1v) is 8.71. The van der Waals surface area contributed by atoms with Gasteiger partial charge in [-0.3, -0.25) is 4.79 Å². The first kappa shape index (κ1) is 25.1. The second kappa shape index (κ2) is 19.9. The van der Waals surface area contributed by atoms with Crippen LogP contribution in [0, 0.1) is 0 Å². The van der Waals surface area contributed by atoms with Gasteiger partial charge in [-0.15, -0.1) is 0 Å². The number of rotatable bonds is 15. The van der Waals surface area contributed by atoms with E-state index in [0.717, 1.165) is 51.4 Å². The van der Waals surface area contributed by atoms with Crippen molar-refractivity contribution in [1.29, 1.82) is 0 Å². The van der Waals surface area contributed by atoms with Crippen molar-refractivity contribution in [2.24, 2.45) is 0 Å². The zero-order valence-electron chi connectivity index (χ0n) is 14.7. The minimum Gasteiger partial charge on any atom is -0.481 e. The van der Waals surface area contributed by atoms with Crippen LogP contribution in [0.4, 0.5) is 0 Å². The number of carboxylic acid groups (broad SMARTS) is 1. The fourth-order valence-corrected chi connectivity index (χ4v) is 2.36. The Morgan fingerprint density at radius 2 is 1.59 bits per heavy atom. The Morgan fingerprint density at radius 3 is 2.27 bits per heavy atom. The van der Waals surface area contributed by atoms with Gasteiger partial charge in [-0.25, -0.2) is 0 Å². The number of aliphatic hydroxyl groups excluding tert-OH is 1. The van der Waals surface area contributed by atoms with Crippen molar-refractivity contribution in [2.75, 3.05) is 0 Å².